The van der Waals surface area contributed by atoms with Gasteiger partial charge in [0.05, 0.1) is 0 Å². The summed E-state index contributed by atoms with van der Waals surface area (Å²) in [6, 6.07) is 1.79. The van der Waals surface area contributed by atoms with Crippen LogP contribution < -0.4 is 5.32 Å². The molecular weight excluding hydrogens is 266 g/mol. The Morgan fingerprint density at radius 2 is 2.00 bits per heavy atom. The van der Waals surface area contributed by atoms with Crippen LogP contribution in [0.4, 0.5) is 0 Å². The quantitative estimate of drug-likeness (QED) is 0.801. The smallest absolute Gasteiger partial charge is 0.273 e. The van der Waals surface area contributed by atoms with Crippen molar-refractivity contribution in [3.05, 3.63) is 17.5 Å². The van der Waals surface area contributed by atoms with Gasteiger partial charge in [-0.1, -0.05) is 25.9 Å². The molecule has 1 aromatic rings. The molecule has 1 rings (SSSR count). The minimum absolute atomic E-state index is 0.0660. The lowest BCUT2D eigenvalue weighted by Crippen LogP contribution is -2.50. The Balaban J connectivity index is 2.80. The van der Waals surface area contributed by atoms with Crippen molar-refractivity contribution >= 4 is 5.91 Å². The van der Waals surface area contributed by atoms with Crippen molar-refractivity contribution in [1.82, 2.24) is 15.4 Å². The van der Waals surface area contributed by atoms with Crippen LogP contribution in [0, 0.1) is 5.41 Å². The predicted octanol–water partition coefficient (Wildman–Crippen LogP) is 2.72. The van der Waals surface area contributed by atoms with E-state index in [4.69, 9.17) is 4.52 Å². The van der Waals surface area contributed by atoms with Crippen LogP contribution in [0.15, 0.2) is 10.6 Å². The van der Waals surface area contributed by atoms with Gasteiger partial charge in [-0.05, 0) is 33.9 Å². The fourth-order valence-corrected chi connectivity index (χ4v) is 2.86. The molecule has 1 atom stereocenters. The Hall–Kier alpha value is -1.36. The van der Waals surface area contributed by atoms with Crippen LogP contribution in [0.3, 0.4) is 0 Å². The summed E-state index contributed by atoms with van der Waals surface area (Å²) < 4.78 is 5.10. The molecular formula is C16H29N3O2. The van der Waals surface area contributed by atoms with Crippen LogP contribution in [-0.4, -0.2) is 42.6 Å². The molecule has 1 N–H and O–H groups in total. The molecule has 120 valence electrons. The highest BCUT2D eigenvalue weighted by atomic mass is 16.5. The third-order valence-corrected chi connectivity index (χ3v) is 4.45. The Kier molecular flexibility index (Phi) is 6.40. The topological polar surface area (TPSA) is 58.4 Å². The fraction of sp³-hybridized carbons (Fsp3) is 0.750. The first-order chi connectivity index (χ1) is 9.88. The van der Waals surface area contributed by atoms with E-state index in [0.717, 1.165) is 31.6 Å². The van der Waals surface area contributed by atoms with Crippen molar-refractivity contribution in [2.24, 2.45) is 5.41 Å². The Morgan fingerprint density at radius 3 is 2.43 bits per heavy atom. The summed E-state index contributed by atoms with van der Waals surface area (Å²) in [6.45, 7) is 9.36. The number of carbonyl (C=O) groups excluding carboxylic acids is 1. The minimum atomic E-state index is -0.156. The van der Waals surface area contributed by atoms with Crippen molar-refractivity contribution < 1.29 is 9.32 Å². The molecule has 1 aromatic heterocycles. The van der Waals surface area contributed by atoms with Gasteiger partial charge in [0, 0.05) is 30.5 Å². The highest BCUT2D eigenvalue weighted by molar-refractivity contribution is 5.92. The number of nitrogens with one attached hydrogen (secondary N) is 1. The van der Waals surface area contributed by atoms with Crippen LogP contribution in [-0.2, 0) is 6.42 Å². The van der Waals surface area contributed by atoms with Gasteiger partial charge in [0.25, 0.3) is 5.91 Å². The predicted molar refractivity (Wildman–Crippen MR) is 84.4 cm³/mol. The number of hydrogen-bond donors (Lipinski definition) is 1. The number of rotatable bonds is 8. The highest BCUT2D eigenvalue weighted by Crippen LogP contribution is 2.31. The van der Waals surface area contributed by atoms with Crippen LogP contribution in [0.1, 0.15) is 56.8 Å². The summed E-state index contributed by atoms with van der Waals surface area (Å²) in [5, 5.41) is 6.93. The highest BCUT2D eigenvalue weighted by Gasteiger charge is 2.34. The maximum atomic E-state index is 12.3. The Morgan fingerprint density at radius 1 is 1.38 bits per heavy atom. The molecule has 0 aliphatic heterocycles. The molecule has 0 saturated carbocycles. The summed E-state index contributed by atoms with van der Waals surface area (Å²) in [6.07, 6.45) is 2.77. The average molecular weight is 295 g/mol. The first-order valence-electron chi connectivity index (χ1n) is 7.79. The summed E-state index contributed by atoms with van der Waals surface area (Å²) in [4.78, 5) is 14.5. The molecule has 0 aliphatic rings. The third kappa shape index (κ3) is 4.30. The number of carbonyl (C=O) groups is 1. The first kappa shape index (κ1) is 17.7. The van der Waals surface area contributed by atoms with Crippen molar-refractivity contribution in [2.45, 2.75) is 53.0 Å². The van der Waals surface area contributed by atoms with E-state index in [2.05, 4.69) is 50.2 Å². The Labute approximate surface area is 128 Å². The molecule has 0 fully saturated rings. The summed E-state index contributed by atoms with van der Waals surface area (Å²) in [7, 11) is 4.14. The molecule has 21 heavy (non-hydrogen) atoms. The van der Waals surface area contributed by atoms with Gasteiger partial charge in [0.15, 0.2) is 5.69 Å². The van der Waals surface area contributed by atoms with Crippen molar-refractivity contribution in [1.29, 1.82) is 0 Å². The molecule has 0 radical (unpaired) electrons. The van der Waals surface area contributed by atoms with Gasteiger partial charge in [-0.3, -0.25) is 4.79 Å². The van der Waals surface area contributed by atoms with Gasteiger partial charge in [0.1, 0.15) is 5.76 Å². The second kappa shape index (κ2) is 7.59. The summed E-state index contributed by atoms with van der Waals surface area (Å²) in [5.74, 6) is 0.578. The number of aromatic nitrogens is 1. The van der Waals surface area contributed by atoms with Gasteiger partial charge < -0.3 is 14.7 Å². The van der Waals surface area contributed by atoms with Gasteiger partial charge in [0.2, 0.25) is 0 Å². The van der Waals surface area contributed by atoms with Crippen molar-refractivity contribution in [3.8, 4) is 0 Å². The van der Waals surface area contributed by atoms with E-state index in [1.807, 2.05) is 6.92 Å². The largest absolute Gasteiger partial charge is 0.361 e. The molecule has 5 heteroatoms. The van der Waals surface area contributed by atoms with Gasteiger partial charge in [-0.2, -0.15) is 0 Å². The van der Waals surface area contributed by atoms with E-state index in [1.165, 1.54) is 0 Å². The molecule has 0 saturated heterocycles. The van der Waals surface area contributed by atoms with E-state index in [1.54, 1.807) is 6.07 Å². The van der Waals surface area contributed by atoms with Gasteiger partial charge in [-0.15, -0.1) is 0 Å². The Bertz CT molecular complexity index is 450. The fourth-order valence-electron chi connectivity index (χ4n) is 2.86. The lowest BCUT2D eigenvalue weighted by atomic mass is 9.75. The van der Waals surface area contributed by atoms with Crippen LogP contribution >= 0.6 is 0 Å². The van der Waals surface area contributed by atoms with Gasteiger partial charge >= 0.3 is 0 Å². The van der Waals surface area contributed by atoms with Crippen molar-refractivity contribution in [2.75, 3.05) is 20.6 Å². The monoisotopic (exact) mass is 295 g/mol. The van der Waals surface area contributed by atoms with E-state index in [9.17, 15) is 4.79 Å². The molecule has 1 heterocycles. The molecule has 0 spiro atoms. The van der Waals surface area contributed by atoms with E-state index in [0.29, 0.717) is 5.69 Å². The zero-order valence-corrected chi connectivity index (χ0v) is 14.2. The number of amides is 1. The van der Waals surface area contributed by atoms with Gasteiger partial charge in [-0.25, -0.2) is 0 Å². The zero-order valence-electron chi connectivity index (χ0n) is 14.2. The van der Waals surface area contributed by atoms with Crippen LogP contribution in [0.25, 0.3) is 0 Å². The van der Waals surface area contributed by atoms with E-state index >= 15 is 0 Å². The summed E-state index contributed by atoms with van der Waals surface area (Å²) >= 11 is 0. The second-order valence-electron chi connectivity index (χ2n) is 6.03. The van der Waals surface area contributed by atoms with Crippen molar-refractivity contribution in [3.63, 3.8) is 0 Å². The lowest BCUT2D eigenvalue weighted by molar-refractivity contribution is 0.0819. The number of aryl methyl sites for hydroxylation is 1. The standard InChI is InChI=1S/C16H29N3O2/c1-7-13-10-14(18-21-13)15(20)17-12(4)16(8-2,9-3)11-19(5)6/h10,12H,7-9,11H2,1-6H3,(H,17,20). The third-order valence-electron chi connectivity index (χ3n) is 4.45. The molecule has 5 nitrogen and oxygen atoms in total. The maximum Gasteiger partial charge on any atom is 0.273 e. The molecule has 1 unspecified atom stereocenters. The summed E-state index contributed by atoms with van der Waals surface area (Å²) in [5.41, 5.74) is 0.431. The molecule has 0 bridgehead atoms. The molecule has 0 aromatic carbocycles. The second-order valence-corrected chi connectivity index (χ2v) is 6.03. The zero-order chi connectivity index (χ0) is 16.0. The minimum Gasteiger partial charge on any atom is -0.361 e. The molecule has 1 amide bonds. The maximum absolute atomic E-state index is 12.3. The lowest BCUT2D eigenvalue weighted by Gasteiger charge is -2.40. The van der Waals surface area contributed by atoms with E-state index < -0.39 is 0 Å². The number of nitrogens with zero attached hydrogens (tertiary/aromatic N) is 2. The van der Waals surface area contributed by atoms with E-state index in [-0.39, 0.29) is 17.4 Å². The SMILES string of the molecule is CCc1cc(C(=O)NC(C)C(CC)(CC)CN(C)C)no1. The van der Waals surface area contributed by atoms with Crippen LogP contribution in [0.2, 0.25) is 0 Å². The normalized spacial score (nSPS) is 13.5. The molecule has 0 aliphatic carbocycles. The van der Waals surface area contributed by atoms with Crippen LogP contribution in [0.5, 0.6) is 0 Å². The average Bonchev–Trinajstić information content (AvgIpc) is 2.93. The number of hydrogen-bond acceptors (Lipinski definition) is 4. The first-order valence-corrected chi connectivity index (χ1v) is 7.79.